The first-order valence-corrected chi connectivity index (χ1v) is 9.90. The fourth-order valence-electron chi connectivity index (χ4n) is 2.56. The number of hydrogen-bond acceptors (Lipinski definition) is 4. The number of benzene rings is 1. The number of H-pyrrole nitrogens is 1. The predicted octanol–water partition coefficient (Wildman–Crippen LogP) is 4.70. The summed E-state index contributed by atoms with van der Waals surface area (Å²) in [5.41, 5.74) is 1.08. The van der Waals surface area contributed by atoms with E-state index >= 15 is 0 Å². The highest BCUT2D eigenvalue weighted by Crippen LogP contribution is 2.23. The maximum Gasteiger partial charge on any atom is 0.240 e. The minimum absolute atomic E-state index is 0.0353. The van der Waals surface area contributed by atoms with E-state index in [0.717, 1.165) is 21.3 Å². The van der Waals surface area contributed by atoms with E-state index in [4.69, 9.17) is 12.2 Å². The van der Waals surface area contributed by atoms with Crippen molar-refractivity contribution in [1.82, 2.24) is 20.1 Å². The number of nitrogens with zero attached hydrogens (tertiary/aromatic N) is 2. The molecule has 5 nitrogen and oxygen atoms in total. The molecule has 2 aromatic heterocycles. The molecule has 130 valence electrons. The minimum atomic E-state index is -0.0925. The van der Waals surface area contributed by atoms with E-state index in [1.54, 1.807) is 15.9 Å². The van der Waals surface area contributed by atoms with Crippen molar-refractivity contribution in [3.8, 4) is 10.7 Å². The van der Waals surface area contributed by atoms with Gasteiger partial charge in [0.15, 0.2) is 10.6 Å². The van der Waals surface area contributed by atoms with Crippen LogP contribution in [0.3, 0.4) is 0 Å². The molecule has 0 aliphatic heterocycles. The number of aromatic nitrogens is 3. The predicted molar refractivity (Wildman–Crippen MR) is 106 cm³/mol. The molecule has 0 aliphatic rings. The SMILES string of the molecule is CC[C@@H](NC(=O)Cn1c(-c2cccs2)n[nH]c1=S)c1ccc(Br)cc1. The lowest BCUT2D eigenvalue weighted by atomic mass is 10.0. The maximum absolute atomic E-state index is 12.6. The van der Waals surface area contributed by atoms with E-state index in [1.807, 2.05) is 48.7 Å². The molecular weight excluding hydrogens is 420 g/mol. The Morgan fingerprint density at radius 3 is 2.80 bits per heavy atom. The van der Waals surface area contributed by atoms with Crippen LogP contribution in [0.1, 0.15) is 24.9 Å². The summed E-state index contributed by atoms with van der Waals surface area (Å²) >= 11 is 10.3. The van der Waals surface area contributed by atoms with Crippen LogP contribution < -0.4 is 5.32 Å². The second-order valence-electron chi connectivity index (χ2n) is 5.50. The Morgan fingerprint density at radius 1 is 1.40 bits per heavy atom. The van der Waals surface area contributed by atoms with Crippen LogP contribution in [0.2, 0.25) is 0 Å². The molecule has 0 saturated carbocycles. The average Bonchev–Trinajstić information content (AvgIpc) is 3.24. The molecule has 2 heterocycles. The molecule has 1 atom stereocenters. The molecule has 25 heavy (non-hydrogen) atoms. The van der Waals surface area contributed by atoms with Crippen LogP contribution in [0.25, 0.3) is 10.7 Å². The van der Waals surface area contributed by atoms with Crippen molar-refractivity contribution in [2.24, 2.45) is 0 Å². The number of thiophene rings is 1. The molecule has 1 amide bonds. The van der Waals surface area contributed by atoms with Gasteiger partial charge in [0.05, 0.1) is 10.9 Å². The van der Waals surface area contributed by atoms with E-state index in [2.05, 4.69) is 31.4 Å². The molecule has 0 saturated heterocycles. The Morgan fingerprint density at radius 2 is 2.16 bits per heavy atom. The number of amides is 1. The third-order valence-electron chi connectivity index (χ3n) is 3.82. The zero-order valence-electron chi connectivity index (χ0n) is 13.5. The molecule has 0 aliphatic carbocycles. The Bertz CT molecular complexity index is 900. The van der Waals surface area contributed by atoms with E-state index in [1.165, 1.54) is 0 Å². The standard InChI is InChI=1S/C17H17BrN4OS2/c1-2-13(11-5-7-12(18)8-6-11)19-15(23)10-22-16(20-21-17(22)24)14-4-3-9-25-14/h3-9,13H,2,10H2,1H3,(H,19,23)(H,21,24)/t13-/m1/s1. The highest BCUT2D eigenvalue weighted by molar-refractivity contribution is 9.10. The number of hydrogen-bond donors (Lipinski definition) is 2. The quantitative estimate of drug-likeness (QED) is 0.550. The van der Waals surface area contributed by atoms with Gasteiger partial charge in [-0.1, -0.05) is 41.1 Å². The smallest absolute Gasteiger partial charge is 0.240 e. The van der Waals surface area contributed by atoms with Gasteiger partial charge in [-0.05, 0) is 47.8 Å². The topological polar surface area (TPSA) is 62.7 Å². The lowest BCUT2D eigenvalue weighted by Gasteiger charge is -2.18. The normalized spacial score (nSPS) is 12.1. The summed E-state index contributed by atoms with van der Waals surface area (Å²) in [7, 11) is 0. The number of nitrogens with one attached hydrogen (secondary N) is 2. The zero-order valence-corrected chi connectivity index (χ0v) is 16.7. The molecular formula is C17H17BrN4OS2. The van der Waals surface area contributed by atoms with Crippen molar-refractivity contribution in [2.75, 3.05) is 0 Å². The number of carbonyl (C=O) groups excluding carboxylic acids is 1. The largest absolute Gasteiger partial charge is 0.348 e. The number of halogens is 1. The Hall–Kier alpha value is -1.77. The molecule has 1 aromatic carbocycles. The highest BCUT2D eigenvalue weighted by Gasteiger charge is 2.16. The van der Waals surface area contributed by atoms with Gasteiger partial charge >= 0.3 is 0 Å². The minimum Gasteiger partial charge on any atom is -0.348 e. The average molecular weight is 437 g/mol. The monoisotopic (exact) mass is 436 g/mol. The van der Waals surface area contributed by atoms with Crippen molar-refractivity contribution in [2.45, 2.75) is 25.9 Å². The first kappa shape index (κ1) is 18.0. The van der Waals surface area contributed by atoms with E-state index in [9.17, 15) is 4.79 Å². The Kier molecular flexibility index (Phi) is 5.82. The zero-order chi connectivity index (χ0) is 17.8. The summed E-state index contributed by atoms with van der Waals surface area (Å²) in [4.78, 5) is 13.5. The van der Waals surface area contributed by atoms with Crippen molar-refractivity contribution in [3.63, 3.8) is 0 Å². The lowest BCUT2D eigenvalue weighted by molar-refractivity contribution is -0.122. The summed E-state index contributed by atoms with van der Waals surface area (Å²) in [6.07, 6.45) is 0.807. The number of rotatable bonds is 6. The molecule has 3 rings (SSSR count). The molecule has 8 heteroatoms. The van der Waals surface area contributed by atoms with Gasteiger partial charge in [0.2, 0.25) is 5.91 Å². The second-order valence-corrected chi connectivity index (χ2v) is 7.75. The van der Waals surface area contributed by atoms with Crippen LogP contribution in [-0.4, -0.2) is 20.7 Å². The van der Waals surface area contributed by atoms with E-state index in [0.29, 0.717) is 10.6 Å². The van der Waals surface area contributed by atoms with Gasteiger partial charge in [-0.3, -0.25) is 14.5 Å². The summed E-state index contributed by atoms with van der Waals surface area (Å²) < 4.78 is 3.18. The number of carbonyl (C=O) groups is 1. The molecule has 0 unspecified atom stereocenters. The molecule has 0 radical (unpaired) electrons. The summed E-state index contributed by atoms with van der Waals surface area (Å²) in [5.74, 6) is 0.594. The van der Waals surface area contributed by atoms with Gasteiger partial charge < -0.3 is 5.32 Å². The van der Waals surface area contributed by atoms with Crippen molar-refractivity contribution >= 4 is 45.4 Å². The van der Waals surface area contributed by atoms with Gasteiger partial charge in [0.25, 0.3) is 0 Å². The summed E-state index contributed by atoms with van der Waals surface area (Å²) in [6, 6.07) is 11.9. The van der Waals surface area contributed by atoms with Crippen molar-refractivity contribution in [3.05, 3.63) is 56.6 Å². The molecule has 0 spiro atoms. The van der Waals surface area contributed by atoms with Crippen molar-refractivity contribution < 1.29 is 4.79 Å². The Labute approximate surface area is 163 Å². The van der Waals surface area contributed by atoms with Crippen LogP contribution in [0, 0.1) is 4.77 Å². The maximum atomic E-state index is 12.6. The van der Waals surface area contributed by atoms with Gasteiger partial charge in [-0.15, -0.1) is 11.3 Å². The molecule has 3 aromatic rings. The van der Waals surface area contributed by atoms with Crippen molar-refractivity contribution in [1.29, 1.82) is 0 Å². The fourth-order valence-corrected chi connectivity index (χ4v) is 3.74. The van der Waals surface area contributed by atoms with Crippen LogP contribution in [-0.2, 0) is 11.3 Å². The van der Waals surface area contributed by atoms with Gasteiger partial charge in [0.1, 0.15) is 6.54 Å². The fraction of sp³-hybridized carbons (Fsp3) is 0.235. The van der Waals surface area contributed by atoms with Crippen LogP contribution in [0.4, 0.5) is 0 Å². The summed E-state index contributed by atoms with van der Waals surface area (Å²) in [5, 5.41) is 12.1. The first-order valence-electron chi connectivity index (χ1n) is 7.82. The Balaban J connectivity index is 1.75. The number of aromatic amines is 1. The van der Waals surface area contributed by atoms with E-state index in [-0.39, 0.29) is 18.5 Å². The van der Waals surface area contributed by atoms with Gasteiger partial charge in [-0.25, -0.2) is 0 Å². The third kappa shape index (κ3) is 4.26. The van der Waals surface area contributed by atoms with Crippen LogP contribution in [0.15, 0.2) is 46.3 Å². The lowest BCUT2D eigenvalue weighted by Crippen LogP contribution is -2.31. The van der Waals surface area contributed by atoms with Crippen LogP contribution >= 0.6 is 39.5 Å². The third-order valence-corrected chi connectivity index (χ3v) is 5.52. The van der Waals surface area contributed by atoms with Gasteiger partial charge in [0, 0.05) is 4.47 Å². The van der Waals surface area contributed by atoms with Crippen LogP contribution in [0.5, 0.6) is 0 Å². The summed E-state index contributed by atoms with van der Waals surface area (Å²) in [6.45, 7) is 2.18. The van der Waals surface area contributed by atoms with Gasteiger partial charge in [-0.2, -0.15) is 5.10 Å². The van der Waals surface area contributed by atoms with E-state index < -0.39 is 0 Å². The molecule has 0 fully saturated rings. The highest BCUT2D eigenvalue weighted by atomic mass is 79.9. The molecule has 2 N–H and O–H groups in total. The second kappa shape index (κ2) is 8.07. The first-order chi connectivity index (χ1) is 12.1. The molecule has 0 bridgehead atoms.